The Morgan fingerprint density at radius 2 is 1.33 bits per heavy atom. The first-order chi connectivity index (χ1) is 21.1. The van der Waals surface area contributed by atoms with Gasteiger partial charge in [0.05, 0.1) is 11.4 Å². The fraction of sp³-hybridized carbons (Fsp3) is 0.100. The van der Waals surface area contributed by atoms with E-state index in [-0.39, 0.29) is 11.6 Å². The minimum absolute atomic E-state index is 0.0170. The monoisotopic (exact) mass is 554 g/mol. The van der Waals surface area contributed by atoms with Gasteiger partial charge in [-0.15, -0.1) is 0 Å². The van der Waals surface area contributed by atoms with Gasteiger partial charge in [-0.1, -0.05) is 98.8 Å². The van der Waals surface area contributed by atoms with Crippen LogP contribution in [-0.4, -0.2) is 0 Å². The number of fused-ring (bicyclic) bond motifs is 7. The van der Waals surface area contributed by atoms with Crippen LogP contribution in [0.25, 0.3) is 44.2 Å². The second kappa shape index (κ2) is 8.86. The third kappa shape index (κ3) is 3.55. The van der Waals surface area contributed by atoms with E-state index >= 15 is 0 Å². The zero-order valence-corrected chi connectivity index (χ0v) is 24.1. The number of nitrogens with zero attached hydrogens (tertiary/aromatic N) is 1. The van der Waals surface area contributed by atoms with Gasteiger partial charge in [0, 0.05) is 21.9 Å². The molecule has 0 radical (unpaired) electrons. The Balaban J connectivity index is 1.10. The van der Waals surface area contributed by atoms with Crippen molar-refractivity contribution in [1.82, 2.24) is 0 Å². The van der Waals surface area contributed by atoms with Gasteiger partial charge in [-0.05, 0) is 87.5 Å². The highest BCUT2D eigenvalue weighted by molar-refractivity contribution is 6.09. The summed E-state index contributed by atoms with van der Waals surface area (Å²) < 4.78 is 6.42. The van der Waals surface area contributed by atoms with Gasteiger partial charge in [0.25, 0.3) is 0 Å². The van der Waals surface area contributed by atoms with E-state index in [0.717, 1.165) is 22.2 Å². The van der Waals surface area contributed by atoms with Gasteiger partial charge in [0.1, 0.15) is 17.3 Å². The van der Waals surface area contributed by atoms with Gasteiger partial charge >= 0.3 is 0 Å². The third-order valence-corrected chi connectivity index (χ3v) is 9.48. The summed E-state index contributed by atoms with van der Waals surface area (Å²) in [6.45, 7) is 4.62. The van der Waals surface area contributed by atoms with E-state index in [4.69, 9.17) is 4.42 Å². The molecule has 1 aliphatic carbocycles. The van der Waals surface area contributed by atoms with Crippen LogP contribution in [0.1, 0.15) is 36.7 Å². The Morgan fingerprint density at radius 1 is 0.605 bits per heavy atom. The standard InChI is InChI=1S/C40H30N2O/c1-40(2)33-13-7-6-12-29(33)30-23-32-31-22-27(20-21-37(31)43-38(32)24-34(30)40)25-16-18-26(19-17-25)39-41-35-14-8-9-15-36(35)42(39)28-10-4-3-5-11-28/h3-24,39,41H,1-2H3. The van der Waals surface area contributed by atoms with Crippen LogP contribution in [0.4, 0.5) is 17.1 Å². The van der Waals surface area contributed by atoms with Crippen LogP contribution in [0.5, 0.6) is 0 Å². The fourth-order valence-electron chi connectivity index (χ4n) is 7.27. The number of nitrogens with one attached hydrogen (secondary N) is 1. The first kappa shape index (κ1) is 24.3. The maximum absolute atomic E-state index is 6.42. The zero-order valence-electron chi connectivity index (χ0n) is 24.1. The summed E-state index contributed by atoms with van der Waals surface area (Å²) in [7, 11) is 0. The minimum Gasteiger partial charge on any atom is -0.456 e. The van der Waals surface area contributed by atoms with Gasteiger partial charge in [0.15, 0.2) is 0 Å². The van der Waals surface area contributed by atoms with E-state index < -0.39 is 0 Å². The number of anilines is 3. The summed E-state index contributed by atoms with van der Waals surface area (Å²) in [5, 5.41) is 6.08. The minimum atomic E-state index is -0.0440. The third-order valence-electron chi connectivity index (χ3n) is 9.48. The van der Waals surface area contributed by atoms with Crippen LogP contribution >= 0.6 is 0 Å². The summed E-state index contributed by atoms with van der Waals surface area (Å²) in [6, 6.07) is 48.1. The average molecular weight is 555 g/mol. The molecule has 6 aromatic carbocycles. The molecule has 9 rings (SSSR count). The molecule has 0 amide bonds. The molecular weight excluding hydrogens is 524 g/mol. The Bertz CT molecular complexity index is 2190. The van der Waals surface area contributed by atoms with Gasteiger partial charge in [-0.3, -0.25) is 0 Å². The molecule has 0 saturated carbocycles. The molecule has 1 N–H and O–H groups in total. The second-order valence-electron chi connectivity index (χ2n) is 12.3. The van der Waals surface area contributed by atoms with Crippen molar-refractivity contribution < 1.29 is 4.42 Å². The van der Waals surface area contributed by atoms with E-state index in [1.165, 1.54) is 55.7 Å². The van der Waals surface area contributed by atoms with Crippen LogP contribution in [0, 0.1) is 0 Å². The Hall–Kier alpha value is -5.28. The first-order valence-corrected chi connectivity index (χ1v) is 15.0. The maximum atomic E-state index is 6.42. The van der Waals surface area contributed by atoms with E-state index in [0.29, 0.717) is 0 Å². The van der Waals surface area contributed by atoms with E-state index in [1.54, 1.807) is 0 Å². The highest BCUT2D eigenvalue weighted by atomic mass is 16.3. The number of benzene rings is 6. The molecule has 0 fully saturated rings. The number of rotatable bonds is 3. The molecule has 2 aliphatic rings. The molecule has 1 atom stereocenters. The molecule has 0 spiro atoms. The lowest BCUT2D eigenvalue weighted by Crippen LogP contribution is -2.23. The molecule has 0 saturated heterocycles. The molecule has 1 aromatic heterocycles. The van der Waals surface area contributed by atoms with Gasteiger partial charge < -0.3 is 14.6 Å². The molecule has 2 heterocycles. The molecule has 3 nitrogen and oxygen atoms in total. The molecule has 1 aliphatic heterocycles. The van der Waals surface area contributed by atoms with Gasteiger partial charge in [-0.2, -0.15) is 0 Å². The number of para-hydroxylation sites is 3. The highest BCUT2D eigenvalue weighted by Gasteiger charge is 2.36. The van der Waals surface area contributed by atoms with Crippen molar-refractivity contribution in [3.8, 4) is 22.3 Å². The molecule has 43 heavy (non-hydrogen) atoms. The summed E-state index contributed by atoms with van der Waals surface area (Å²) >= 11 is 0. The molecular formula is C40H30N2O. The van der Waals surface area contributed by atoms with Gasteiger partial charge in [-0.25, -0.2) is 0 Å². The topological polar surface area (TPSA) is 28.4 Å². The number of hydrogen-bond acceptors (Lipinski definition) is 3. The second-order valence-corrected chi connectivity index (χ2v) is 12.3. The van der Waals surface area contributed by atoms with E-state index in [1.807, 2.05) is 0 Å². The molecule has 1 unspecified atom stereocenters. The molecule has 7 aromatic rings. The maximum Gasteiger partial charge on any atom is 0.135 e. The summed E-state index contributed by atoms with van der Waals surface area (Å²) in [4.78, 5) is 2.38. The van der Waals surface area contributed by atoms with Crippen LogP contribution in [-0.2, 0) is 5.41 Å². The van der Waals surface area contributed by atoms with E-state index in [2.05, 4.69) is 158 Å². The van der Waals surface area contributed by atoms with Crippen molar-refractivity contribution in [2.45, 2.75) is 25.4 Å². The fourth-order valence-corrected chi connectivity index (χ4v) is 7.27. The predicted octanol–water partition coefficient (Wildman–Crippen LogP) is 10.8. The normalized spacial score (nSPS) is 16.2. The summed E-state index contributed by atoms with van der Waals surface area (Å²) in [5.41, 5.74) is 14.3. The first-order valence-electron chi connectivity index (χ1n) is 15.0. The Morgan fingerprint density at radius 3 is 2.19 bits per heavy atom. The quantitative estimate of drug-likeness (QED) is 0.235. The smallest absolute Gasteiger partial charge is 0.135 e. The molecule has 3 heteroatoms. The van der Waals surface area contributed by atoms with Crippen molar-refractivity contribution in [2.75, 3.05) is 10.2 Å². The van der Waals surface area contributed by atoms with Gasteiger partial charge in [0.2, 0.25) is 0 Å². The number of hydrogen-bond donors (Lipinski definition) is 1. The van der Waals surface area contributed by atoms with Crippen LogP contribution < -0.4 is 10.2 Å². The Labute approximate surface area is 251 Å². The summed E-state index contributed by atoms with van der Waals surface area (Å²) in [6.07, 6.45) is 0.0170. The molecule has 0 bridgehead atoms. The predicted molar refractivity (Wildman–Crippen MR) is 178 cm³/mol. The van der Waals surface area contributed by atoms with Crippen LogP contribution in [0.2, 0.25) is 0 Å². The van der Waals surface area contributed by atoms with Crippen molar-refractivity contribution >= 4 is 39.0 Å². The van der Waals surface area contributed by atoms with Crippen molar-refractivity contribution in [3.63, 3.8) is 0 Å². The summed E-state index contributed by atoms with van der Waals surface area (Å²) in [5.74, 6) is 0. The molecule has 206 valence electrons. The number of furan rings is 1. The average Bonchev–Trinajstić information content (AvgIpc) is 3.68. The highest BCUT2D eigenvalue weighted by Crippen LogP contribution is 2.51. The van der Waals surface area contributed by atoms with Crippen LogP contribution in [0.15, 0.2) is 138 Å². The Kier molecular flexibility index (Phi) is 5.01. The van der Waals surface area contributed by atoms with Crippen molar-refractivity contribution in [3.05, 3.63) is 150 Å². The lowest BCUT2D eigenvalue weighted by atomic mass is 9.82. The largest absolute Gasteiger partial charge is 0.456 e. The zero-order chi connectivity index (χ0) is 28.7. The lowest BCUT2D eigenvalue weighted by molar-refractivity contribution is 0.647. The van der Waals surface area contributed by atoms with E-state index in [9.17, 15) is 0 Å². The van der Waals surface area contributed by atoms with Crippen molar-refractivity contribution in [1.29, 1.82) is 0 Å². The lowest BCUT2D eigenvalue weighted by Gasteiger charge is -2.27. The van der Waals surface area contributed by atoms with Crippen LogP contribution in [0.3, 0.4) is 0 Å². The van der Waals surface area contributed by atoms with Crippen molar-refractivity contribution in [2.24, 2.45) is 0 Å². The SMILES string of the molecule is CC1(C)c2ccccc2-c2cc3c(cc21)oc1ccc(-c2ccc(C4Nc5ccccc5N4c4ccccc4)cc2)cc13.